The number of aliphatic hydroxyl groups excluding tert-OH is 1. The minimum atomic E-state index is -0.205. The molecule has 0 saturated carbocycles. The van der Waals surface area contributed by atoms with E-state index in [0.717, 1.165) is 37.9 Å². The summed E-state index contributed by atoms with van der Waals surface area (Å²) in [7, 11) is 0. The third-order valence-electron chi connectivity index (χ3n) is 2.26. The SMILES string of the molecule is OCCCCCCNc1ccc(F)cc1. The molecule has 0 aliphatic carbocycles. The number of nitrogens with one attached hydrogen (secondary N) is 1. The van der Waals surface area contributed by atoms with Gasteiger partial charge in [0.05, 0.1) is 0 Å². The zero-order chi connectivity index (χ0) is 10.9. The zero-order valence-corrected chi connectivity index (χ0v) is 8.88. The molecule has 84 valence electrons. The molecule has 3 heteroatoms. The van der Waals surface area contributed by atoms with Crippen molar-refractivity contribution in [1.82, 2.24) is 0 Å². The van der Waals surface area contributed by atoms with Crippen LogP contribution in [-0.2, 0) is 0 Å². The average Bonchev–Trinajstić information content (AvgIpc) is 2.26. The Morgan fingerprint density at radius 3 is 2.33 bits per heavy atom. The summed E-state index contributed by atoms with van der Waals surface area (Å²) in [6, 6.07) is 6.38. The highest BCUT2D eigenvalue weighted by atomic mass is 19.1. The molecule has 0 aliphatic heterocycles. The third kappa shape index (κ3) is 5.37. The van der Waals surface area contributed by atoms with Crippen LogP contribution in [0.25, 0.3) is 0 Å². The van der Waals surface area contributed by atoms with E-state index in [0.29, 0.717) is 0 Å². The lowest BCUT2D eigenvalue weighted by atomic mass is 10.2. The molecule has 0 heterocycles. The van der Waals surface area contributed by atoms with Gasteiger partial charge in [-0.15, -0.1) is 0 Å². The molecular weight excluding hydrogens is 193 g/mol. The predicted molar refractivity (Wildman–Crippen MR) is 60.4 cm³/mol. The van der Waals surface area contributed by atoms with Crippen LogP contribution in [0.5, 0.6) is 0 Å². The van der Waals surface area contributed by atoms with Crippen molar-refractivity contribution in [3.05, 3.63) is 30.1 Å². The van der Waals surface area contributed by atoms with Gasteiger partial charge in [-0.05, 0) is 37.1 Å². The molecule has 1 aromatic rings. The molecule has 15 heavy (non-hydrogen) atoms. The molecule has 0 radical (unpaired) electrons. The van der Waals surface area contributed by atoms with Gasteiger partial charge in [0.1, 0.15) is 5.82 Å². The Bertz CT molecular complexity index is 261. The Balaban J connectivity index is 2.07. The highest BCUT2D eigenvalue weighted by Crippen LogP contribution is 2.08. The summed E-state index contributed by atoms with van der Waals surface area (Å²) in [6.07, 6.45) is 4.16. The molecule has 0 atom stereocenters. The molecule has 0 spiro atoms. The molecule has 0 aliphatic rings. The summed E-state index contributed by atoms with van der Waals surface area (Å²) >= 11 is 0. The highest BCUT2D eigenvalue weighted by Gasteiger charge is 1.93. The minimum Gasteiger partial charge on any atom is -0.396 e. The fourth-order valence-corrected chi connectivity index (χ4v) is 1.39. The summed E-state index contributed by atoms with van der Waals surface area (Å²) in [5.41, 5.74) is 0.957. The first-order valence-corrected chi connectivity index (χ1v) is 5.43. The minimum absolute atomic E-state index is 0.205. The van der Waals surface area contributed by atoms with Crippen LogP contribution in [0.4, 0.5) is 10.1 Å². The van der Waals surface area contributed by atoms with Gasteiger partial charge in [0.2, 0.25) is 0 Å². The smallest absolute Gasteiger partial charge is 0.123 e. The maximum absolute atomic E-state index is 12.6. The van der Waals surface area contributed by atoms with Gasteiger partial charge in [-0.3, -0.25) is 0 Å². The van der Waals surface area contributed by atoms with E-state index in [1.54, 1.807) is 12.1 Å². The molecule has 0 fully saturated rings. The van der Waals surface area contributed by atoms with E-state index in [4.69, 9.17) is 5.11 Å². The second kappa shape index (κ2) is 7.23. The quantitative estimate of drug-likeness (QED) is 0.680. The molecule has 0 amide bonds. The molecule has 0 bridgehead atoms. The van der Waals surface area contributed by atoms with Crippen LogP contribution in [0.3, 0.4) is 0 Å². The van der Waals surface area contributed by atoms with E-state index in [2.05, 4.69) is 5.32 Å². The Kier molecular flexibility index (Phi) is 5.78. The Labute approximate surface area is 90.1 Å². The van der Waals surface area contributed by atoms with Gasteiger partial charge >= 0.3 is 0 Å². The number of hydrogen-bond acceptors (Lipinski definition) is 2. The summed E-state index contributed by atoms with van der Waals surface area (Å²) in [6.45, 7) is 1.18. The molecule has 0 unspecified atom stereocenters. The predicted octanol–water partition coefficient (Wildman–Crippen LogP) is 2.79. The normalized spacial score (nSPS) is 10.3. The first-order chi connectivity index (χ1) is 7.33. The maximum atomic E-state index is 12.6. The first-order valence-electron chi connectivity index (χ1n) is 5.43. The number of rotatable bonds is 7. The lowest BCUT2D eigenvalue weighted by Gasteiger charge is -2.05. The zero-order valence-electron chi connectivity index (χ0n) is 8.88. The Morgan fingerprint density at radius 1 is 1.00 bits per heavy atom. The molecule has 0 saturated heterocycles. The van der Waals surface area contributed by atoms with Crippen LogP contribution in [0.2, 0.25) is 0 Å². The van der Waals surface area contributed by atoms with Gasteiger partial charge in [-0.25, -0.2) is 4.39 Å². The number of unbranched alkanes of at least 4 members (excludes halogenated alkanes) is 3. The summed E-state index contributed by atoms with van der Waals surface area (Å²) in [5, 5.41) is 11.8. The monoisotopic (exact) mass is 211 g/mol. The molecule has 2 nitrogen and oxygen atoms in total. The average molecular weight is 211 g/mol. The Morgan fingerprint density at radius 2 is 1.67 bits per heavy atom. The van der Waals surface area contributed by atoms with E-state index in [1.165, 1.54) is 12.1 Å². The van der Waals surface area contributed by atoms with Gasteiger partial charge in [0.25, 0.3) is 0 Å². The first kappa shape index (κ1) is 12.0. The lowest BCUT2D eigenvalue weighted by Crippen LogP contribution is -2.01. The van der Waals surface area contributed by atoms with Crippen molar-refractivity contribution in [2.24, 2.45) is 0 Å². The van der Waals surface area contributed by atoms with Crippen molar-refractivity contribution in [3.8, 4) is 0 Å². The van der Waals surface area contributed by atoms with Crippen molar-refractivity contribution in [2.75, 3.05) is 18.5 Å². The van der Waals surface area contributed by atoms with Gasteiger partial charge in [-0.2, -0.15) is 0 Å². The fourth-order valence-electron chi connectivity index (χ4n) is 1.39. The van der Waals surface area contributed by atoms with Crippen molar-refractivity contribution >= 4 is 5.69 Å². The van der Waals surface area contributed by atoms with Crippen molar-refractivity contribution in [3.63, 3.8) is 0 Å². The van der Waals surface area contributed by atoms with Gasteiger partial charge in [-0.1, -0.05) is 12.8 Å². The number of hydrogen-bond donors (Lipinski definition) is 2. The number of aliphatic hydroxyl groups is 1. The number of benzene rings is 1. The van der Waals surface area contributed by atoms with Crippen LogP contribution < -0.4 is 5.32 Å². The number of anilines is 1. The topological polar surface area (TPSA) is 32.3 Å². The van der Waals surface area contributed by atoms with Crippen molar-refractivity contribution in [2.45, 2.75) is 25.7 Å². The Hall–Kier alpha value is -1.09. The van der Waals surface area contributed by atoms with Gasteiger partial charge in [0, 0.05) is 18.8 Å². The van der Waals surface area contributed by atoms with Crippen LogP contribution in [0.15, 0.2) is 24.3 Å². The molecule has 1 rings (SSSR count). The molecule has 0 aromatic heterocycles. The maximum Gasteiger partial charge on any atom is 0.123 e. The summed E-state index contributed by atoms with van der Waals surface area (Å²) in [5.74, 6) is -0.205. The summed E-state index contributed by atoms with van der Waals surface area (Å²) < 4.78 is 12.6. The van der Waals surface area contributed by atoms with Crippen LogP contribution in [0, 0.1) is 5.82 Å². The van der Waals surface area contributed by atoms with Gasteiger partial charge in [0.15, 0.2) is 0 Å². The van der Waals surface area contributed by atoms with Crippen LogP contribution >= 0.6 is 0 Å². The molecule has 1 aromatic carbocycles. The van der Waals surface area contributed by atoms with E-state index < -0.39 is 0 Å². The van der Waals surface area contributed by atoms with Crippen LogP contribution in [0.1, 0.15) is 25.7 Å². The van der Waals surface area contributed by atoms with Crippen molar-refractivity contribution in [1.29, 1.82) is 0 Å². The molecular formula is C12H18FNO. The van der Waals surface area contributed by atoms with Crippen LogP contribution in [-0.4, -0.2) is 18.3 Å². The van der Waals surface area contributed by atoms with E-state index >= 15 is 0 Å². The standard InChI is InChI=1S/C12H18FNO/c13-11-5-7-12(8-6-11)14-9-3-1-2-4-10-15/h5-8,14-15H,1-4,9-10H2. The largest absolute Gasteiger partial charge is 0.396 e. The van der Waals surface area contributed by atoms with E-state index in [-0.39, 0.29) is 12.4 Å². The molecule has 2 N–H and O–H groups in total. The number of halogens is 1. The second-order valence-corrected chi connectivity index (χ2v) is 3.57. The summed E-state index contributed by atoms with van der Waals surface area (Å²) in [4.78, 5) is 0. The van der Waals surface area contributed by atoms with E-state index in [1.807, 2.05) is 0 Å². The lowest BCUT2D eigenvalue weighted by molar-refractivity contribution is 0.283. The highest BCUT2D eigenvalue weighted by molar-refractivity contribution is 5.42. The van der Waals surface area contributed by atoms with Crippen molar-refractivity contribution < 1.29 is 9.50 Å². The second-order valence-electron chi connectivity index (χ2n) is 3.57. The van der Waals surface area contributed by atoms with E-state index in [9.17, 15) is 4.39 Å². The third-order valence-corrected chi connectivity index (χ3v) is 2.26. The fraction of sp³-hybridized carbons (Fsp3) is 0.500. The van der Waals surface area contributed by atoms with Gasteiger partial charge < -0.3 is 10.4 Å².